The number of amides is 2. The van der Waals surface area contributed by atoms with E-state index >= 15 is 0 Å². The standard InChI is InChI=1S/C24H25N3O4S/c1-27(32(2,30)31)22(19-13-7-4-8-14-19)24(29)26-21-16-10-9-15-20(21)23(28)25-17-18-11-5-3-6-12-18/h3-16,22H,17H2,1-2H3,(H,25,28)(H,26,29)/t22-/m0/s1. The number of para-hydroxylation sites is 1. The van der Waals surface area contributed by atoms with Crippen LogP contribution in [0.1, 0.15) is 27.5 Å². The number of nitrogens with zero attached hydrogens (tertiary/aromatic N) is 1. The summed E-state index contributed by atoms with van der Waals surface area (Å²) in [5, 5.41) is 5.58. The zero-order valence-electron chi connectivity index (χ0n) is 17.9. The summed E-state index contributed by atoms with van der Waals surface area (Å²) in [6.45, 7) is 0.339. The van der Waals surface area contributed by atoms with E-state index in [2.05, 4.69) is 10.6 Å². The Hall–Kier alpha value is -3.49. The highest BCUT2D eigenvalue weighted by molar-refractivity contribution is 7.88. The molecule has 0 unspecified atom stereocenters. The average molecular weight is 452 g/mol. The highest BCUT2D eigenvalue weighted by Crippen LogP contribution is 2.25. The van der Waals surface area contributed by atoms with Crippen LogP contribution in [0.4, 0.5) is 5.69 Å². The normalized spacial score (nSPS) is 12.2. The summed E-state index contributed by atoms with van der Waals surface area (Å²) < 4.78 is 25.4. The number of carbonyl (C=O) groups is 2. The molecule has 166 valence electrons. The number of nitrogens with one attached hydrogen (secondary N) is 2. The largest absolute Gasteiger partial charge is 0.348 e. The van der Waals surface area contributed by atoms with Crippen molar-refractivity contribution < 1.29 is 18.0 Å². The molecule has 0 spiro atoms. The van der Waals surface area contributed by atoms with E-state index < -0.39 is 22.0 Å². The third-order valence-electron chi connectivity index (χ3n) is 4.98. The van der Waals surface area contributed by atoms with E-state index in [1.165, 1.54) is 7.05 Å². The highest BCUT2D eigenvalue weighted by Gasteiger charge is 2.31. The predicted molar refractivity (Wildman–Crippen MR) is 124 cm³/mol. The summed E-state index contributed by atoms with van der Waals surface area (Å²) in [6.07, 6.45) is 1.04. The Kier molecular flexibility index (Phi) is 7.40. The molecule has 0 fully saturated rings. The molecule has 0 heterocycles. The van der Waals surface area contributed by atoms with Crippen molar-refractivity contribution in [1.29, 1.82) is 0 Å². The fourth-order valence-corrected chi connectivity index (χ4v) is 3.82. The van der Waals surface area contributed by atoms with Crippen LogP contribution in [0.25, 0.3) is 0 Å². The van der Waals surface area contributed by atoms with Gasteiger partial charge in [0.05, 0.1) is 17.5 Å². The van der Waals surface area contributed by atoms with Gasteiger partial charge in [-0.3, -0.25) is 9.59 Å². The van der Waals surface area contributed by atoms with Crippen LogP contribution in [-0.2, 0) is 21.4 Å². The Balaban J connectivity index is 1.83. The van der Waals surface area contributed by atoms with Crippen LogP contribution in [0.15, 0.2) is 84.9 Å². The number of hydrogen-bond acceptors (Lipinski definition) is 4. The molecule has 8 heteroatoms. The number of carbonyl (C=O) groups excluding carboxylic acids is 2. The van der Waals surface area contributed by atoms with E-state index in [9.17, 15) is 18.0 Å². The Morgan fingerprint density at radius 3 is 2.06 bits per heavy atom. The van der Waals surface area contributed by atoms with Gasteiger partial charge in [0.25, 0.3) is 5.91 Å². The molecule has 3 aromatic rings. The first-order valence-corrected chi connectivity index (χ1v) is 11.8. The van der Waals surface area contributed by atoms with Gasteiger partial charge < -0.3 is 10.6 Å². The van der Waals surface area contributed by atoms with Gasteiger partial charge in [0.2, 0.25) is 15.9 Å². The van der Waals surface area contributed by atoms with Crippen LogP contribution in [-0.4, -0.2) is 37.8 Å². The number of likely N-dealkylation sites (N-methyl/N-ethyl adjacent to an activating group) is 1. The van der Waals surface area contributed by atoms with Crippen molar-refractivity contribution in [2.45, 2.75) is 12.6 Å². The van der Waals surface area contributed by atoms with Crippen LogP contribution < -0.4 is 10.6 Å². The maximum absolute atomic E-state index is 13.2. The van der Waals surface area contributed by atoms with Gasteiger partial charge in [0.15, 0.2) is 0 Å². The van der Waals surface area contributed by atoms with Crippen molar-refractivity contribution in [2.24, 2.45) is 0 Å². The number of rotatable bonds is 8. The number of anilines is 1. The smallest absolute Gasteiger partial charge is 0.253 e. The van der Waals surface area contributed by atoms with E-state index in [0.717, 1.165) is 16.1 Å². The first-order chi connectivity index (χ1) is 15.3. The van der Waals surface area contributed by atoms with Crippen LogP contribution in [0.2, 0.25) is 0 Å². The molecule has 0 aliphatic heterocycles. The quantitative estimate of drug-likeness (QED) is 0.550. The summed E-state index contributed by atoms with van der Waals surface area (Å²) >= 11 is 0. The Labute approximate surface area is 188 Å². The first kappa shape index (κ1) is 23.2. The molecule has 32 heavy (non-hydrogen) atoms. The lowest BCUT2D eigenvalue weighted by Gasteiger charge is -2.26. The Morgan fingerprint density at radius 1 is 0.875 bits per heavy atom. The second-order valence-corrected chi connectivity index (χ2v) is 9.34. The van der Waals surface area contributed by atoms with E-state index in [4.69, 9.17) is 0 Å². The Morgan fingerprint density at radius 2 is 1.44 bits per heavy atom. The zero-order chi connectivity index (χ0) is 23.1. The molecule has 0 aromatic heterocycles. The molecule has 0 saturated carbocycles. The monoisotopic (exact) mass is 451 g/mol. The maximum atomic E-state index is 13.2. The molecular weight excluding hydrogens is 426 g/mol. The van der Waals surface area contributed by atoms with E-state index in [1.807, 2.05) is 30.3 Å². The fourth-order valence-electron chi connectivity index (χ4n) is 3.22. The summed E-state index contributed by atoms with van der Waals surface area (Å²) in [7, 11) is -2.31. The van der Waals surface area contributed by atoms with Gasteiger partial charge in [-0.1, -0.05) is 72.8 Å². The van der Waals surface area contributed by atoms with Gasteiger partial charge in [-0.2, -0.15) is 4.31 Å². The lowest BCUT2D eigenvalue weighted by molar-refractivity contribution is -0.119. The number of hydrogen-bond donors (Lipinski definition) is 2. The molecule has 1 atom stereocenters. The minimum atomic E-state index is -3.66. The molecule has 0 saturated heterocycles. The third-order valence-corrected chi connectivity index (χ3v) is 6.23. The van der Waals surface area contributed by atoms with Crippen LogP contribution in [0, 0.1) is 0 Å². The minimum Gasteiger partial charge on any atom is -0.348 e. The molecule has 0 aliphatic rings. The molecule has 0 bridgehead atoms. The van der Waals surface area contributed by atoms with Crippen LogP contribution >= 0.6 is 0 Å². The maximum Gasteiger partial charge on any atom is 0.253 e. The van der Waals surface area contributed by atoms with Crippen molar-refractivity contribution in [2.75, 3.05) is 18.6 Å². The first-order valence-electron chi connectivity index (χ1n) is 9.97. The fraction of sp³-hybridized carbons (Fsp3) is 0.167. The van der Waals surface area contributed by atoms with E-state index in [0.29, 0.717) is 17.8 Å². The summed E-state index contributed by atoms with van der Waals surface area (Å²) in [6, 6.07) is 23.6. The lowest BCUT2D eigenvalue weighted by Crippen LogP contribution is -2.38. The van der Waals surface area contributed by atoms with Gasteiger partial charge in [-0.05, 0) is 23.3 Å². The third kappa shape index (κ3) is 5.81. The summed E-state index contributed by atoms with van der Waals surface area (Å²) in [5.41, 5.74) is 2.04. The van der Waals surface area contributed by atoms with Crippen molar-refractivity contribution >= 4 is 27.5 Å². The van der Waals surface area contributed by atoms with E-state index in [-0.39, 0.29) is 11.5 Å². The molecule has 3 rings (SSSR count). The minimum absolute atomic E-state index is 0.283. The highest BCUT2D eigenvalue weighted by atomic mass is 32.2. The van der Waals surface area contributed by atoms with Crippen molar-refractivity contribution in [1.82, 2.24) is 9.62 Å². The SMILES string of the molecule is CN([C@H](C(=O)Nc1ccccc1C(=O)NCc1ccccc1)c1ccccc1)S(C)(=O)=O. The molecule has 0 radical (unpaired) electrons. The van der Waals surface area contributed by atoms with Gasteiger partial charge >= 0.3 is 0 Å². The van der Waals surface area contributed by atoms with Gasteiger partial charge in [0.1, 0.15) is 6.04 Å². The zero-order valence-corrected chi connectivity index (χ0v) is 18.7. The van der Waals surface area contributed by atoms with Gasteiger partial charge in [0, 0.05) is 13.6 Å². The second-order valence-electron chi connectivity index (χ2n) is 7.30. The van der Waals surface area contributed by atoms with Crippen molar-refractivity contribution in [3.63, 3.8) is 0 Å². The summed E-state index contributed by atoms with van der Waals surface area (Å²) in [4.78, 5) is 26.0. The van der Waals surface area contributed by atoms with Crippen molar-refractivity contribution in [3.8, 4) is 0 Å². The Bertz CT molecular complexity index is 1180. The second kappa shape index (κ2) is 10.2. The molecule has 2 amide bonds. The van der Waals surface area contributed by atoms with Crippen molar-refractivity contribution in [3.05, 3.63) is 102 Å². The lowest BCUT2D eigenvalue weighted by atomic mass is 10.1. The predicted octanol–water partition coefficient (Wildman–Crippen LogP) is 3.19. The van der Waals surface area contributed by atoms with Crippen LogP contribution in [0.3, 0.4) is 0 Å². The molecular formula is C24H25N3O4S. The van der Waals surface area contributed by atoms with Gasteiger partial charge in [-0.25, -0.2) is 8.42 Å². The molecule has 0 aliphatic carbocycles. The molecule has 7 nitrogen and oxygen atoms in total. The van der Waals surface area contributed by atoms with E-state index in [1.54, 1.807) is 54.6 Å². The number of benzene rings is 3. The summed E-state index contributed by atoms with van der Waals surface area (Å²) in [5.74, 6) is -0.912. The van der Waals surface area contributed by atoms with Crippen LogP contribution in [0.5, 0.6) is 0 Å². The topological polar surface area (TPSA) is 95.6 Å². The molecule has 2 N–H and O–H groups in total. The average Bonchev–Trinajstić information content (AvgIpc) is 2.79. The molecule has 3 aromatic carbocycles. The van der Waals surface area contributed by atoms with Gasteiger partial charge in [-0.15, -0.1) is 0 Å². The number of sulfonamides is 1.